The highest BCUT2D eigenvalue weighted by Crippen LogP contribution is 2.32. The fraction of sp³-hybridized carbons (Fsp3) is 0.250. The van der Waals surface area contributed by atoms with Crippen molar-refractivity contribution in [2.24, 2.45) is 5.11 Å². The second-order valence-electron chi connectivity index (χ2n) is 2.69. The molecule has 0 radical (unpaired) electrons. The molecule has 0 aliphatic rings. The quantitative estimate of drug-likeness (QED) is 0.315. The first-order chi connectivity index (χ1) is 6.95. The predicted molar refractivity (Wildman–Crippen MR) is 44.3 cm³/mol. The zero-order valence-corrected chi connectivity index (χ0v) is 7.29. The minimum atomic E-state index is -4.58. The molecule has 0 N–H and O–H groups in total. The summed E-state index contributed by atoms with van der Waals surface area (Å²) in [5, 5.41) is 2.97. The van der Waals surface area contributed by atoms with Crippen LogP contribution in [0.4, 0.5) is 17.6 Å². The van der Waals surface area contributed by atoms with Gasteiger partial charge in [0.1, 0.15) is 5.82 Å². The van der Waals surface area contributed by atoms with Crippen LogP contribution in [0.5, 0.6) is 0 Å². The Morgan fingerprint density at radius 2 is 2.00 bits per heavy atom. The topological polar surface area (TPSA) is 48.8 Å². The molecule has 0 saturated carbocycles. The van der Waals surface area contributed by atoms with Gasteiger partial charge in [0.25, 0.3) is 0 Å². The molecule has 0 fully saturated rings. The minimum Gasteiger partial charge on any atom is -0.207 e. The lowest BCUT2D eigenvalue weighted by molar-refractivity contribution is -0.138. The van der Waals surface area contributed by atoms with Crippen molar-refractivity contribution in [3.63, 3.8) is 0 Å². The van der Waals surface area contributed by atoms with E-state index in [1.54, 1.807) is 0 Å². The van der Waals surface area contributed by atoms with Gasteiger partial charge in [0.05, 0.1) is 12.1 Å². The van der Waals surface area contributed by atoms with Gasteiger partial charge in [0.15, 0.2) is 0 Å². The molecule has 15 heavy (non-hydrogen) atoms. The number of rotatable bonds is 2. The third-order valence-electron chi connectivity index (χ3n) is 1.68. The van der Waals surface area contributed by atoms with Gasteiger partial charge in [-0.3, -0.25) is 0 Å². The first-order valence-corrected chi connectivity index (χ1v) is 3.81. The molecule has 1 rings (SSSR count). The highest BCUT2D eigenvalue weighted by atomic mass is 19.4. The van der Waals surface area contributed by atoms with Gasteiger partial charge < -0.3 is 0 Å². The molecule has 1 aromatic rings. The van der Waals surface area contributed by atoms with Gasteiger partial charge in [0.2, 0.25) is 0 Å². The fourth-order valence-electron chi connectivity index (χ4n) is 1.08. The van der Waals surface area contributed by atoms with Gasteiger partial charge in [-0.15, -0.1) is 0 Å². The van der Waals surface area contributed by atoms with Crippen LogP contribution in [0.3, 0.4) is 0 Å². The lowest BCUT2D eigenvalue weighted by Gasteiger charge is -2.10. The van der Waals surface area contributed by atoms with E-state index in [2.05, 4.69) is 10.0 Å². The van der Waals surface area contributed by atoms with Crippen LogP contribution in [0, 0.1) is 5.82 Å². The van der Waals surface area contributed by atoms with E-state index >= 15 is 0 Å². The number of nitrogens with zero attached hydrogens (tertiary/aromatic N) is 3. The van der Waals surface area contributed by atoms with Crippen molar-refractivity contribution in [1.29, 1.82) is 0 Å². The second-order valence-corrected chi connectivity index (χ2v) is 2.69. The summed E-state index contributed by atoms with van der Waals surface area (Å²) in [4.78, 5) is 2.32. The van der Waals surface area contributed by atoms with Crippen molar-refractivity contribution in [3.05, 3.63) is 45.6 Å². The summed E-state index contributed by atoms with van der Waals surface area (Å²) in [7, 11) is 0. The highest BCUT2D eigenvalue weighted by molar-refractivity contribution is 5.30. The van der Waals surface area contributed by atoms with E-state index in [9.17, 15) is 17.6 Å². The molecule has 0 bridgehead atoms. The molecule has 0 unspecified atom stereocenters. The maximum Gasteiger partial charge on any atom is 0.416 e. The van der Waals surface area contributed by atoms with Gasteiger partial charge in [-0.2, -0.15) is 13.2 Å². The van der Waals surface area contributed by atoms with E-state index in [-0.39, 0.29) is 5.56 Å². The summed E-state index contributed by atoms with van der Waals surface area (Å²) < 4.78 is 49.7. The number of benzene rings is 1. The average Bonchev–Trinajstić information content (AvgIpc) is 2.12. The lowest BCUT2D eigenvalue weighted by Crippen LogP contribution is -2.09. The Bertz CT molecular complexity index is 407. The minimum absolute atomic E-state index is 0.375. The zero-order valence-electron chi connectivity index (χ0n) is 7.29. The smallest absolute Gasteiger partial charge is 0.207 e. The lowest BCUT2D eigenvalue weighted by atomic mass is 10.1. The van der Waals surface area contributed by atoms with Crippen LogP contribution < -0.4 is 0 Å². The number of hydrogen-bond donors (Lipinski definition) is 0. The molecule has 0 spiro atoms. The predicted octanol–water partition coefficient (Wildman–Crippen LogP) is 3.65. The molecule has 0 aromatic heterocycles. The summed E-state index contributed by atoms with van der Waals surface area (Å²) in [5.74, 6) is -0.800. The monoisotopic (exact) mass is 219 g/mol. The number of hydrogen-bond acceptors (Lipinski definition) is 1. The fourth-order valence-corrected chi connectivity index (χ4v) is 1.08. The summed E-state index contributed by atoms with van der Waals surface area (Å²) in [6, 6.07) is 2.04. The number of halogens is 4. The Labute approximate surface area is 82.0 Å². The van der Waals surface area contributed by atoms with Gasteiger partial charge in [-0.05, 0) is 29.3 Å². The van der Waals surface area contributed by atoms with Gasteiger partial charge >= 0.3 is 6.18 Å². The summed E-state index contributed by atoms with van der Waals surface area (Å²) >= 11 is 0. The highest BCUT2D eigenvalue weighted by Gasteiger charge is 2.32. The van der Waals surface area contributed by atoms with Crippen molar-refractivity contribution in [3.8, 4) is 0 Å². The average molecular weight is 219 g/mol. The second kappa shape index (κ2) is 4.18. The maximum absolute atomic E-state index is 12.7. The largest absolute Gasteiger partial charge is 0.416 e. The first kappa shape index (κ1) is 11.3. The SMILES string of the molecule is [N-]=[N+]=NCc1cc(F)ccc1C(F)(F)F. The van der Waals surface area contributed by atoms with Gasteiger partial charge in [0, 0.05) is 4.91 Å². The number of azide groups is 1. The van der Waals surface area contributed by atoms with Crippen molar-refractivity contribution < 1.29 is 17.6 Å². The van der Waals surface area contributed by atoms with Crippen molar-refractivity contribution in [2.45, 2.75) is 12.7 Å². The molecule has 0 saturated heterocycles. The Balaban J connectivity index is 3.20. The van der Waals surface area contributed by atoms with Crippen LogP contribution in [0.25, 0.3) is 10.4 Å². The molecular formula is C8H5F4N3. The Morgan fingerprint density at radius 3 is 2.53 bits per heavy atom. The molecule has 0 heterocycles. The van der Waals surface area contributed by atoms with E-state index in [0.717, 1.165) is 0 Å². The van der Waals surface area contributed by atoms with Crippen molar-refractivity contribution in [2.75, 3.05) is 0 Å². The van der Waals surface area contributed by atoms with Gasteiger partial charge in [-0.1, -0.05) is 5.11 Å². The molecule has 0 amide bonds. The van der Waals surface area contributed by atoms with Crippen molar-refractivity contribution in [1.82, 2.24) is 0 Å². The van der Waals surface area contributed by atoms with E-state index in [1.807, 2.05) is 0 Å². The van der Waals surface area contributed by atoms with Crippen LogP contribution in [0.1, 0.15) is 11.1 Å². The third kappa shape index (κ3) is 2.85. The van der Waals surface area contributed by atoms with E-state index in [4.69, 9.17) is 5.53 Å². The van der Waals surface area contributed by atoms with Crippen LogP contribution in [0.2, 0.25) is 0 Å². The van der Waals surface area contributed by atoms with Crippen LogP contribution in [-0.2, 0) is 12.7 Å². The number of alkyl halides is 3. The van der Waals surface area contributed by atoms with Crippen LogP contribution in [0.15, 0.2) is 23.3 Å². The molecule has 0 aliphatic carbocycles. The standard InChI is InChI=1S/C8H5F4N3/c9-6-1-2-7(8(10,11)12)5(3-6)4-14-15-13/h1-3H,4H2. The van der Waals surface area contributed by atoms with Crippen LogP contribution >= 0.6 is 0 Å². The molecule has 7 heteroatoms. The molecule has 0 aliphatic heterocycles. The third-order valence-corrected chi connectivity index (χ3v) is 1.68. The molecular weight excluding hydrogens is 214 g/mol. The Hall–Kier alpha value is -1.75. The van der Waals surface area contributed by atoms with E-state index < -0.39 is 24.1 Å². The summed E-state index contributed by atoms with van der Waals surface area (Å²) in [6.07, 6.45) is -4.58. The molecule has 3 nitrogen and oxygen atoms in total. The summed E-state index contributed by atoms with van der Waals surface area (Å²) in [6.45, 7) is -0.525. The Kier molecular flexibility index (Phi) is 3.16. The van der Waals surface area contributed by atoms with Crippen molar-refractivity contribution >= 4 is 0 Å². The first-order valence-electron chi connectivity index (χ1n) is 3.81. The molecule has 80 valence electrons. The molecule has 1 aromatic carbocycles. The van der Waals surface area contributed by atoms with Crippen LogP contribution in [-0.4, -0.2) is 0 Å². The normalized spacial score (nSPS) is 10.9. The van der Waals surface area contributed by atoms with E-state index in [1.165, 1.54) is 0 Å². The maximum atomic E-state index is 12.7. The zero-order chi connectivity index (χ0) is 11.5. The van der Waals surface area contributed by atoms with Gasteiger partial charge in [-0.25, -0.2) is 4.39 Å². The van der Waals surface area contributed by atoms with E-state index in [0.29, 0.717) is 18.2 Å². The molecule has 0 atom stereocenters. The summed E-state index contributed by atoms with van der Waals surface area (Å²) in [5.41, 5.74) is 6.61. The Morgan fingerprint density at radius 1 is 1.33 bits per heavy atom.